The van der Waals surface area contributed by atoms with E-state index >= 15 is 0 Å². The van der Waals surface area contributed by atoms with E-state index in [0.29, 0.717) is 0 Å². The molecular formula is C19H15F2NO5S. The van der Waals surface area contributed by atoms with Gasteiger partial charge in [0.05, 0.1) is 10.6 Å². The zero-order chi connectivity index (χ0) is 20.1. The monoisotopic (exact) mass is 407 g/mol. The lowest BCUT2D eigenvalue weighted by Gasteiger charge is -2.10. The third-order valence-electron chi connectivity index (χ3n) is 3.67. The van der Waals surface area contributed by atoms with Crippen LogP contribution in [0.4, 0.5) is 14.5 Å². The van der Waals surface area contributed by atoms with Crippen LogP contribution in [0, 0.1) is 0 Å². The van der Waals surface area contributed by atoms with Gasteiger partial charge < -0.3 is 14.5 Å². The van der Waals surface area contributed by atoms with Crippen molar-refractivity contribution < 1.29 is 31.1 Å². The standard InChI is InChI=1S/C19H15F2NO5S/c20-19(21)27-16-9-5-4-8-15(16)22-18(23)17-11-10-13(26-17)12-28(24,25)14-6-2-1-3-7-14/h1-11,19H,12H2,(H,22,23). The largest absolute Gasteiger partial charge is 0.455 e. The van der Waals surface area contributed by atoms with E-state index in [1.807, 2.05) is 0 Å². The Morgan fingerprint density at radius 1 is 1.00 bits per heavy atom. The fraction of sp³-hybridized carbons (Fsp3) is 0.105. The highest BCUT2D eigenvalue weighted by Gasteiger charge is 2.20. The number of hydrogen-bond acceptors (Lipinski definition) is 5. The molecule has 1 amide bonds. The number of amides is 1. The quantitative estimate of drug-likeness (QED) is 0.637. The molecule has 0 unspecified atom stereocenters. The molecule has 0 aliphatic heterocycles. The van der Waals surface area contributed by atoms with Crippen molar-refractivity contribution in [2.75, 3.05) is 5.32 Å². The van der Waals surface area contributed by atoms with Crippen LogP contribution < -0.4 is 10.1 Å². The van der Waals surface area contributed by atoms with Gasteiger partial charge in [-0.2, -0.15) is 8.78 Å². The molecule has 1 N–H and O–H groups in total. The predicted octanol–water partition coefficient (Wildman–Crippen LogP) is 4.11. The van der Waals surface area contributed by atoms with Crippen molar-refractivity contribution >= 4 is 21.4 Å². The van der Waals surface area contributed by atoms with Crippen molar-refractivity contribution in [3.63, 3.8) is 0 Å². The van der Waals surface area contributed by atoms with Crippen LogP contribution in [0.1, 0.15) is 16.3 Å². The van der Waals surface area contributed by atoms with E-state index in [-0.39, 0.29) is 27.9 Å². The molecule has 28 heavy (non-hydrogen) atoms. The molecular weight excluding hydrogens is 392 g/mol. The van der Waals surface area contributed by atoms with Crippen LogP contribution in [0.3, 0.4) is 0 Å². The molecule has 1 aromatic heterocycles. The number of halogens is 2. The molecule has 146 valence electrons. The summed E-state index contributed by atoms with van der Waals surface area (Å²) >= 11 is 0. The molecule has 0 saturated heterocycles. The fourth-order valence-corrected chi connectivity index (χ4v) is 3.70. The normalized spacial score (nSPS) is 11.4. The van der Waals surface area contributed by atoms with E-state index in [4.69, 9.17) is 4.42 Å². The van der Waals surface area contributed by atoms with Crippen LogP contribution in [0.5, 0.6) is 5.75 Å². The summed E-state index contributed by atoms with van der Waals surface area (Å²) in [6.45, 7) is -3.04. The van der Waals surface area contributed by atoms with Crippen molar-refractivity contribution in [3.05, 3.63) is 78.3 Å². The first kappa shape index (κ1) is 19.6. The number of para-hydroxylation sites is 2. The first-order chi connectivity index (χ1) is 13.3. The third kappa shape index (κ3) is 4.74. The Bertz CT molecular complexity index is 1060. The minimum atomic E-state index is -3.63. The maximum absolute atomic E-state index is 12.5. The summed E-state index contributed by atoms with van der Waals surface area (Å²) < 4.78 is 59.3. The van der Waals surface area contributed by atoms with E-state index in [1.54, 1.807) is 18.2 Å². The number of hydrogen-bond donors (Lipinski definition) is 1. The lowest BCUT2D eigenvalue weighted by molar-refractivity contribution is -0.0493. The van der Waals surface area contributed by atoms with Gasteiger partial charge in [-0.25, -0.2) is 8.42 Å². The Morgan fingerprint density at radius 2 is 1.68 bits per heavy atom. The summed E-state index contributed by atoms with van der Waals surface area (Å²) in [5, 5.41) is 2.40. The summed E-state index contributed by atoms with van der Waals surface area (Å²) in [6, 6.07) is 16.2. The lowest BCUT2D eigenvalue weighted by atomic mass is 10.3. The molecule has 0 saturated carbocycles. The number of furan rings is 1. The Labute approximate surface area is 159 Å². The van der Waals surface area contributed by atoms with Gasteiger partial charge in [-0.1, -0.05) is 30.3 Å². The molecule has 0 aliphatic carbocycles. The van der Waals surface area contributed by atoms with Crippen LogP contribution in [0.25, 0.3) is 0 Å². The third-order valence-corrected chi connectivity index (χ3v) is 5.33. The second-order valence-electron chi connectivity index (χ2n) is 5.67. The number of rotatable bonds is 7. The molecule has 0 spiro atoms. The maximum Gasteiger partial charge on any atom is 0.387 e. The van der Waals surface area contributed by atoms with E-state index in [0.717, 1.165) is 0 Å². The lowest BCUT2D eigenvalue weighted by Crippen LogP contribution is -2.13. The van der Waals surface area contributed by atoms with Crippen LogP contribution in [0.15, 0.2) is 76.0 Å². The number of carbonyl (C=O) groups excluding carboxylic acids is 1. The number of sulfone groups is 1. The van der Waals surface area contributed by atoms with Gasteiger partial charge in [0.25, 0.3) is 5.91 Å². The van der Waals surface area contributed by atoms with E-state index in [9.17, 15) is 22.0 Å². The predicted molar refractivity (Wildman–Crippen MR) is 97.1 cm³/mol. The molecule has 3 rings (SSSR count). The highest BCUT2D eigenvalue weighted by Crippen LogP contribution is 2.26. The first-order valence-electron chi connectivity index (χ1n) is 8.07. The smallest absolute Gasteiger partial charge is 0.387 e. The molecule has 2 aromatic carbocycles. The van der Waals surface area contributed by atoms with Gasteiger partial charge in [0.2, 0.25) is 0 Å². The van der Waals surface area contributed by atoms with Gasteiger partial charge in [-0.05, 0) is 36.4 Å². The molecule has 1 heterocycles. The van der Waals surface area contributed by atoms with Crippen LogP contribution >= 0.6 is 0 Å². The minimum absolute atomic E-state index is 0.0302. The van der Waals surface area contributed by atoms with Gasteiger partial charge in [0.15, 0.2) is 15.6 Å². The Kier molecular flexibility index (Phi) is 5.74. The van der Waals surface area contributed by atoms with Gasteiger partial charge in [0.1, 0.15) is 17.3 Å². The van der Waals surface area contributed by atoms with E-state index in [1.165, 1.54) is 48.5 Å². The molecule has 6 nitrogen and oxygen atoms in total. The topological polar surface area (TPSA) is 85.6 Å². The average molecular weight is 407 g/mol. The van der Waals surface area contributed by atoms with E-state index in [2.05, 4.69) is 10.1 Å². The highest BCUT2D eigenvalue weighted by atomic mass is 32.2. The summed E-state index contributed by atoms with van der Waals surface area (Å²) in [5.41, 5.74) is 0.0302. The maximum atomic E-state index is 12.5. The second kappa shape index (κ2) is 8.22. The zero-order valence-electron chi connectivity index (χ0n) is 14.3. The molecule has 0 aliphatic rings. The molecule has 0 radical (unpaired) electrons. The van der Waals surface area contributed by atoms with Gasteiger partial charge in [-0.15, -0.1) is 0 Å². The van der Waals surface area contributed by atoms with Gasteiger partial charge >= 0.3 is 6.61 Å². The first-order valence-corrected chi connectivity index (χ1v) is 9.72. The fourth-order valence-electron chi connectivity index (χ4n) is 2.43. The van der Waals surface area contributed by atoms with Crippen LogP contribution in [-0.2, 0) is 15.6 Å². The molecule has 9 heteroatoms. The van der Waals surface area contributed by atoms with Crippen molar-refractivity contribution in [2.24, 2.45) is 0 Å². The highest BCUT2D eigenvalue weighted by molar-refractivity contribution is 7.90. The van der Waals surface area contributed by atoms with Crippen LogP contribution in [0.2, 0.25) is 0 Å². The van der Waals surface area contributed by atoms with Crippen molar-refractivity contribution in [1.29, 1.82) is 0 Å². The summed E-state index contributed by atoms with van der Waals surface area (Å²) in [6.07, 6.45) is 0. The SMILES string of the molecule is O=C(Nc1ccccc1OC(F)F)c1ccc(CS(=O)(=O)c2ccccc2)o1. The number of nitrogens with one attached hydrogen (secondary N) is 1. The number of carbonyl (C=O) groups is 1. The average Bonchev–Trinajstić information content (AvgIpc) is 3.11. The Hall–Kier alpha value is -3.20. The zero-order valence-corrected chi connectivity index (χ0v) is 15.2. The number of alkyl halides is 2. The van der Waals surface area contributed by atoms with Crippen molar-refractivity contribution in [1.82, 2.24) is 0 Å². The molecule has 3 aromatic rings. The minimum Gasteiger partial charge on any atom is -0.455 e. The summed E-state index contributed by atoms with van der Waals surface area (Å²) in [5.74, 6) is -1.44. The van der Waals surface area contributed by atoms with Crippen molar-refractivity contribution in [2.45, 2.75) is 17.3 Å². The van der Waals surface area contributed by atoms with Gasteiger partial charge in [0, 0.05) is 0 Å². The Balaban J connectivity index is 1.73. The molecule has 0 fully saturated rings. The Morgan fingerprint density at radius 3 is 2.39 bits per heavy atom. The summed E-state index contributed by atoms with van der Waals surface area (Å²) in [7, 11) is -3.63. The number of anilines is 1. The number of ether oxygens (including phenoxy) is 1. The molecule has 0 bridgehead atoms. The molecule has 0 atom stereocenters. The number of benzene rings is 2. The van der Waals surface area contributed by atoms with Gasteiger partial charge in [-0.3, -0.25) is 4.79 Å². The summed E-state index contributed by atoms with van der Waals surface area (Å²) in [4.78, 5) is 12.4. The van der Waals surface area contributed by atoms with Crippen LogP contribution in [-0.4, -0.2) is 20.9 Å². The van der Waals surface area contributed by atoms with E-state index < -0.39 is 28.1 Å². The van der Waals surface area contributed by atoms with Crippen molar-refractivity contribution in [3.8, 4) is 5.75 Å². The second-order valence-corrected chi connectivity index (χ2v) is 7.66.